The van der Waals surface area contributed by atoms with Gasteiger partial charge in [-0.15, -0.1) is 0 Å². The van der Waals surface area contributed by atoms with Crippen LogP contribution in [0, 0.1) is 5.41 Å². The maximum atomic E-state index is 5.18. The summed E-state index contributed by atoms with van der Waals surface area (Å²) in [6, 6.07) is 9.23. The van der Waals surface area contributed by atoms with Crippen molar-refractivity contribution in [1.29, 1.82) is 0 Å². The minimum atomic E-state index is 0.499. The van der Waals surface area contributed by atoms with Gasteiger partial charge in [0.15, 0.2) is 0 Å². The van der Waals surface area contributed by atoms with Crippen LogP contribution >= 0.6 is 0 Å². The van der Waals surface area contributed by atoms with Crippen molar-refractivity contribution in [3.8, 4) is 0 Å². The lowest BCUT2D eigenvalue weighted by Gasteiger charge is -2.20. The first-order chi connectivity index (χ1) is 8.61. The van der Waals surface area contributed by atoms with Gasteiger partial charge in [-0.05, 0) is 42.7 Å². The fraction of sp³-hybridized carbons (Fsp3) is 0.625. The SMILES string of the molecule is COCCc1ccccc1NC1CCC(C)(C)C1. The molecule has 1 N–H and O–H groups in total. The number of methoxy groups -OCH3 is 1. The fourth-order valence-electron chi connectivity index (χ4n) is 2.87. The summed E-state index contributed by atoms with van der Waals surface area (Å²) in [5.74, 6) is 0. The zero-order chi connectivity index (χ0) is 13.0. The molecule has 2 heteroatoms. The van der Waals surface area contributed by atoms with Crippen LogP contribution in [0.3, 0.4) is 0 Å². The van der Waals surface area contributed by atoms with Crippen molar-refractivity contribution in [2.24, 2.45) is 5.41 Å². The van der Waals surface area contributed by atoms with Crippen molar-refractivity contribution in [2.45, 2.75) is 45.6 Å². The largest absolute Gasteiger partial charge is 0.384 e. The summed E-state index contributed by atoms with van der Waals surface area (Å²) in [5, 5.41) is 3.72. The summed E-state index contributed by atoms with van der Waals surface area (Å²) in [4.78, 5) is 0. The standard InChI is InChI=1S/C16H25NO/c1-16(2)10-8-14(12-16)17-15-7-5-4-6-13(15)9-11-18-3/h4-7,14,17H,8-12H2,1-3H3. The van der Waals surface area contributed by atoms with E-state index in [2.05, 4.69) is 43.4 Å². The van der Waals surface area contributed by atoms with E-state index in [0.717, 1.165) is 13.0 Å². The van der Waals surface area contributed by atoms with Gasteiger partial charge in [0.1, 0.15) is 0 Å². The zero-order valence-corrected chi connectivity index (χ0v) is 11.8. The Bertz CT molecular complexity index is 386. The van der Waals surface area contributed by atoms with E-state index >= 15 is 0 Å². The molecular weight excluding hydrogens is 222 g/mol. The fourth-order valence-corrected chi connectivity index (χ4v) is 2.87. The molecule has 0 aromatic heterocycles. The highest BCUT2D eigenvalue weighted by Crippen LogP contribution is 2.38. The monoisotopic (exact) mass is 247 g/mol. The van der Waals surface area contributed by atoms with Gasteiger partial charge in [0.05, 0.1) is 6.61 Å². The van der Waals surface area contributed by atoms with Crippen molar-refractivity contribution in [3.05, 3.63) is 29.8 Å². The molecule has 2 nitrogen and oxygen atoms in total. The van der Waals surface area contributed by atoms with E-state index in [9.17, 15) is 0 Å². The molecule has 2 rings (SSSR count). The molecular formula is C16H25NO. The number of para-hydroxylation sites is 1. The van der Waals surface area contributed by atoms with Crippen LogP contribution in [0.25, 0.3) is 0 Å². The molecule has 1 aliphatic carbocycles. The molecule has 1 saturated carbocycles. The van der Waals surface area contributed by atoms with Gasteiger partial charge in [0.2, 0.25) is 0 Å². The van der Waals surface area contributed by atoms with E-state index in [1.54, 1.807) is 7.11 Å². The number of hydrogen-bond acceptors (Lipinski definition) is 2. The minimum absolute atomic E-state index is 0.499. The molecule has 100 valence electrons. The average Bonchev–Trinajstić information content (AvgIpc) is 2.68. The summed E-state index contributed by atoms with van der Waals surface area (Å²) >= 11 is 0. The first-order valence-corrected chi connectivity index (χ1v) is 6.94. The molecule has 0 saturated heterocycles. The highest BCUT2D eigenvalue weighted by Gasteiger charge is 2.30. The quantitative estimate of drug-likeness (QED) is 0.853. The molecule has 0 aliphatic heterocycles. The average molecular weight is 247 g/mol. The smallest absolute Gasteiger partial charge is 0.0503 e. The Morgan fingerprint density at radius 3 is 2.78 bits per heavy atom. The highest BCUT2D eigenvalue weighted by atomic mass is 16.5. The van der Waals surface area contributed by atoms with E-state index in [0.29, 0.717) is 11.5 Å². The summed E-state index contributed by atoms with van der Waals surface area (Å²) in [6.07, 6.45) is 4.86. The van der Waals surface area contributed by atoms with E-state index in [4.69, 9.17) is 4.74 Å². The maximum Gasteiger partial charge on any atom is 0.0503 e. The van der Waals surface area contributed by atoms with Gasteiger partial charge in [-0.2, -0.15) is 0 Å². The topological polar surface area (TPSA) is 21.3 Å². The van der Waals surface area contributed by atoms with Crippen LogP contribution in [-0.2, 0) is 11.2 Å². The van der Waals surface area contributed by atoms with Crippen LogP contribution in [0.15, 0.2) is 24.3 Å². The Balaban J connectivity index is 2.00. The lowest BCUT2D eigenvalue weighted by molar-refractivity contribution is 0.202. The Hall–Kier alpha value is -1.02. The minimum Gasteiger partial charge on any atom is -0.384 e. The molecule has 0 amide bonds. The molecule has 1 atom stereocenters. The molecule has 1 unspecified atom stereocenters. The first-order valence-electron chi connectivity index (χ1n) is 6.94. The van der Waals surface area contributed by atoms with Crippen LogP contribution in [0.4, 0.5) is 5.69 Å². The predicted octanol–water partition coefficient (Wildman–Crippen LogP) is 3.87. The van der Waals surface area contributed by atoms with Gasteiger partial charge >= 0.3 is 0 Å². The third-order valence-corrected chi connectivity index (χ3v) is 3.92. The van der Waals surface area contributed by atoms with Crippen LogP contribution in [0.2, 0.25) is 0 Å². The first kappa shape index (κ1) is 13.4. The van der Waals surface area contributed by atoms with Gasteiger partial charge in [-0.3, -0.25) is 0 Å². The molecule has 0 radical (unpaired) electrons. The number of rotatable bonds is 5. The second-order valence-electron chi connectivity index (χ2n) is 6.15. The van der Waals surface area contributed by atoms with Crippen molar-refractivity contribution in [1.82, 2.24) is 0 Å². The lowest BCUT2D eigenvalue weighted by Crippen LogP contribution is -2.18. The second kappa shape index (κ2) is 5.75. The molecule has 1 fully saturated rings. The lowest BCUT2D eigenvalue weighted by atomic mass is 9.92. The molecule has 1 aromatic carbocycles. The van der Waals surface area contributed by atoms with Crippen LogP contribution < -0.4 is 5.32 Å². The van der Waals surface area contributed by atoms with E-state index in [-0.39, 0.29) is 0 Å². The van der Waals surface area contributed by atoms with Gasteiger partial charge in [-0.1, -0.05) is 32.0 Å². The Labute approximate surface area is 111 Å². The van der Waals surface area contributed by atoms with E-state index < -0.39 is 0 Å². The van der Waals surface area contributed by atoms with Gasteiger partial charge in [0.25, 0.3) is 0 Å². The molecule has 0 heterocycles. The van der Waals surface area contributed by atoms with Gasteiger partial charge in [-0.25, -0.2) is 0 Å². The number of ether oxygens (including phenoxy) is 1. The Morgan fingerprint density at radius 1 is 1.33 bits per heavy atom. The summed E-state index contributed by atoms with van der Waals surface area (Å²) < 4.78 is 5.18. The van der Waals surface area contributed by atoms with Crippen LogP contribution in [-0.4, -0.2) is 19.8 Å². The zero-order valence-electron chi connectivity index (χ0n) is 11.8. The molecule has 18 heavy (non-hydrogen) atoms. The summed E-state index contributed by atoms with van der Waals surface area (Å²) in [7, 11) is 1.76. The van der Waals surface area contributed by atoms with Crippen LogP contribution in [0.5, 0.6) is 0 Å². The van der Waals surface area contributed by atoms with Crippen molar-refractivity contribution >= 4 is 5.69 Å². The van der Waals surface area contributed by atoms with Crippen molar-refractivity contribution in [2.75, 3.05) is 19.0 Å². The van der Waals surface area contributed by atoms with Gasteiger partial charge in [0, 0.05) is 18.8 Å². The second-order valence-corrected chi connectivity index (χ2v) is 6.15. The molecule has 1 aliphatic rings. The summed E-state index contributed by atoms with van der Waals surface area (Å²) in [6.45, 7) is 5.52. The van der Waals surface area contributed by atoms with E-state index in [1.807, 2.05) is 0 Å². The third-order valence-electron chi connectivity index (χ3n) is 3.92. The van der Waals surface area contributed by atoms with E-state index in [1.165, 1.54) is 30.5 Å². The number of nitrogens with one attached hydrogen (secondary N) is 1. The number of anilines is 1. The molecule has 0 bridgehead atoms. The third kappa shape index (κ3) is 3.49. The predicted molar refractivity (Wildman–Crippen MR) is 77.1 cm³/mol. The number of benzene rings is 1. The molecule has 1 aromatic rings. The van der Waals surface area contributed by atoms with Crippen LogP contribution in [0.1, 0.15) is 38.7 Å². The normalized spacial score (nSPS) is 22.1. The number of hydrogen-bond donors (Lipinski definition) is 1. The molecule has 0 spiro atoms. The van der Waals surface area contributed by atoms with Crippen molar-refractivity contribution in [3.63, 3.8) is 0 Å². The Kier molecular flexibility index (Phi) is 4.28. The highest BCUT2D eigenvalue weighted by molar-refractivity contribution is 5.52. The summed E-state index contributed by atoms with van der Waals surface area (Å²) in [5.41, 5.74) is 3.15. The van der Waals surface area contributed by atoms with Gasteiger partial charge < -0.3 is 10.1 Å². The van der Waals surface area contributed by atoms with Crippen molar-refractivity contribution < 1.29 is 4.74 Å². The maximum absolute atomic E-state index is 5.18. The Morgan fingerprint density at radius 2 is 2.11 bits per heavy atom.